The Kier molecular flexibility index (Phi) is 7.25. The van der Waals surface area contributed by atoms with Crippen LogP contribution >= 0.6 is 11.6 Å². The van der Waals surface area contributed by atoms with Crippen LogP contribution in [0.15, 0.2) is 84.0 Å². The smallest absolute Gasteiger partial charge is 0.251 e. The molecule has 0 aliphatic rings. The Morgan fingerprint density at radius 2 is 1.92 bits per heavy atom. The first kappa shape index (κ1) is 25.9. The van der Waals surface area contributed by atoms with Crippen molar-refractivity contribution in [3.8, 4) is 0 Å². The number of fused-ring (bicyclic) bond motifs is 1. The van der Waals surface area contributed by atoms with Gasteiger partial charge in [0.05, 0.1) is 11.6 Å². The molecule has 0 atom stereocenters. The Morgan fingerprint density at radius 1 is 1.08 bits per heavy atom. The molecule has 0 aliphatic carbocycles. The van der Waals surface area contributed by atoms with Crippen molar-refractivity contribution in [2.24, 2.45) is 5.73 Å². The number of carbonyl (C=O) groups excluding carboxylic acids is 2. The minimum atomic E-state index is -0.608. The number of nitrogens with one attached hydrogen (secondary N) is 2. The number of primary amides is 1. The molecular weight excluding hydrogens is 521 g/mol. The number of hydrogen-bond donors (Lipinski definition) is 3. The van der Waals surface area contributed by atoms with Gasteiger partial charge >= 0.3 is 0 Å². The van der Waals surface area contributed by atoms with Crippen LogP contribution in [0.2, 0.25) is 5.02 Å². The van der Waals surface area contributed by atoms with Crippen molar-refractivity contribution in [1.82, 2.24) is 19.9 Å². The molecule has 39 heavy (non-hydrogen) atoms. The SMILES string of the molecule is NC(=O)c1cc(Cc2cc(C(=O)NCc3cc4c(Cl)c[nH]c4cc3F)ccn2)ccc1Cn1ccccc1=O. The summed E-state index contributed by atoms with van der Waals surface area (Å²) in [5.41, 5.74) is 8.96. The zero-order valence-electron chi connectivity index (χ0n) is 20.6. The number of rotatable bonds is 8. The maximum Gasteiger partial charge on any atom is 0.251 e. The zero-order valence-corrected chi connectivity index (χ0v) is 21.3. The Hall–Kier alpha value is -4.76. The lowest BCUT2D eigenvalue weighted by Crippen LogP contribution is -2.23. The van der Waals surface area contributed by atoms with E-state index in [1.807, 2.05) is 6.07 Å². The number of amides is 2. The summed E-state index contributed by atoms with van der Waals surface area (Å²) in [6.07, 6.45) is 5.08. The fourth-order valence-corrected chi connectivity index (χ4v) is 4.58. The van der Waals surface area contributed by atoms with Gasteiger partial charge in [0.2, 0.25) is 5.91 Å². The molecule has 3 heterocycles. The predicted octanol–water partition coefficient (Wildman–Crippen LogP) is 4.19. The summed E-state index contributed by atoms with van der Waals surface area (Å²) in [7, 11) is 0. The first-order valence-electron chi connectivity index (χ1n) is 12.0. The fraction of sp³-hybridized carbons (Fsp3) is 0.103. The summed E-state index contributed by atoms with van der Waals surface area (Å²) < 4.78 is 16.0. The number of H-pyrrole nitrogens is 1. The van der Waals surface area contributed by atoms with E-state index in [0.717, 1.165) is 5.56 Å². The monoisotopic (exact) mass is 543 g/mol. The Labute approximate surface area is 227 Å². The first-order chi connectivity index (χ1) is 18.8. The van der Waals surface area contributed by atoms with Gasteiger partial charge in [-0.3, -0.25) is 19.4 Å². The van der Waals surface area contributed by atoms with Crippen LogP contribution in [0.5, 0.6) is 0 Å². The number of carbonyl (C=O) groups is 2. The van der Waals surface area contributed by atoms with Crippen molar-refractivity contribution in [1.29, 1.82) is 0 Å². The number of aromatic amines is 1. The van der Waals surface area contributed by atoms with Gasteiger partial charge in [0.15, 0.2) is 0 Å². The van der Waals surface area contributed by atoms with Gasteiger partial charge in [-0.2, -0.15) is 0 Å². The van der Waals surface area contributed by atoms with Gasteiger partial charge in [-0.1, -0.05) is 29.8 Å². The average molecular weight is 544 g/mol. The number of nitrogens with zero attached hydrogens (tertiary/aromatic N) is 2. The molecule has 4 N–H and O–H groups in total. The number of benzene rings is 2. The van der Waals surface area contributed by atoms with Gasteiger partial charge < -0.3 is 20.6 Å². The summed E-state index contributed by atoms with van der Waals surface area (Å²) in [6.45, 7) is 0.184. The van der Waals surface area contributed by atoms with Crippen LogP contribution < -0.4 is 16.6 Å². The highest BCUT2D eigenvalue weighted by atomic mass is 35.5. The van der Waals surface area contributed by atoms with Crippen LogP contribution in [0.4, 0.5) is 4.39 Å². The molecule has 0 fully saturated rings. The summed E-state index contributed by atoms with van der Waals surface area (Å²) in [5.74, 6) is -1.45. The van der Waals surface area contributed by atoms with Crippen molar-refractivity contribution in [3.63, 3.8) is 0 Å². The third-order valence-corrected chi connectivity index (χ3v) is 6.69. The molecule has 0 bridgehead atoms. The van der Waals surface area contributed by atoms with Gasteiger partial charge in [0.25, 0.3) is 11.5 Å². The second-order valence-corrected chi connectivity index (χ2v) is 9.45. The first-order valence-corrected chi connectivity index (χ1v) is 12.4. The maximum atomic E-state index is 14.5. The van der Waals surface area contributed by atoms with Crippen LogP contribution in [0.1, 0.15) is 43.1 Å². The predicted molar refractivity (Wildman–Crippen MR) is 146 cm³/mol. The van der Waals surface area contributed by atoms with Crippen molar-refractivity contribution >= 4 is 34.3 Å². The number of halogens is 2. The molecule has 8 nitrogen and oxygen atoms in total. The van der Waals surface area contributed by atoms with Crippen LogP contribution in [0.3, 0.4) is 0 Å². The summed E-state index contributed by atoms with van der Waals surface area (Å²) in [5, 5.41) is 3.88. The normalized spacial score (nSPS) is 11.0. The van der Waals surface area contributed by atoms with E-state index in [9.17, 15) is 18.8 Å². The highest BCUT2D eigenvalue weighted by Gasteiger charge is 2.14. The van der Waals surface area contributed by atoms with Gasteiger partial charge in [-0.05, 0) is 47.5 Å². The highest BCUT2D eigenvalue weighted by Crippen LogP contribution is 2.26. The lowest BCUT2D eigenvalue weighted by Gasteiger charge is -2.12. The van der Waals surface area contributed by atoms with Crippen molar-refractivity contribution in [2.45, 2.75) is 19.5 Å². The van der Waals surface area contributed by atoms with Crippen molar-refractivity contribution in [2.75, 3.05) is 0 Å². The van der Waals surface area contributed by atoms with Crippen LogP contribution in [-0.4, -0.2) is 26.3 Å². The third-order valence-electron chi connectivity index (χ3n) is 6.38. The number of pyridine rings is 2. The largest absolute Gasteiger partial charge is 0.366 e. The lowest BCUT2D eigenvalue weighted by molar-refractivity contribution is 0.0949. The van der Waals surface area contributed by atoms with Crippen molar-refractivity contribution in [3.05, 3.63) is 134 Å². The second-order valence-electron chi connectivity index (χ2n) is 9.04. The molecule has 10 heteroatoms. The van der Waals surface area contributed by atoms with E-state index in [1.165, 1.54) is 22.9 Å². The fourth-order valence-electron chi connectivity index (χ4n) is 4.37. The standard InChI is InChI=1S/C29H23ClFN5O3/c30-24-15-34-26-13-25(31)20(12-23(24)26)14-35-29(39)18-6-7-33-21(11-18)9-17-4-5-19(22(10-17)28(32)38)16-36-8-2-1-3-27(36)37/h1-8,10-13,15,34H,9,14,16H2,(H2,32,38)(H,35,39). The molecule has 2 aromatic carbocycles. The molecule has 5 aromatic rings. The molecule has 0 aliphatic heterocycles. The van der Waals surface area contributed by atoms with E-state index in [1.54, 1.807) is 54.9 Å². The van der Waals surface area contributed by atoms with Gasteiger partial charge in [0, 0.05) is 70.9 Å². The van der Waals surface area contributed by atoms with E-state index >= 15 is 0 Å². The molecule has 0 saturated heterocycles. The number of hydrogen-bond acceptors (Lipinski definition) is 4. The van der Waals surface area contributed by atoms with Crippen molar-refractivity contribution < 1.29 is 14.0 Å². The lowest BCUT2D eigenvalue weighted by atomic mass is 9.99. The molecule has 0 unspecified atom stereocenters. The third kappa shape index (κ3) is 5.73. The number of nitrogens with two attached hydrogens (primary N) is 1. The Balaban J connectivity index is 1.30. The molecular formula is C29H23ClFN5O3. The molecule has 0 spiro atoms. The molecule has 0 radical (unpaired) electrons. The second kappa shape index (κ2) is 10.9. The van der Waals surface area contributed by atoms with Gasteiger partial charge in [-0.25, -0.2) is 4.39 Å². The summed E-state index contributed by atoms with van der Waals surface area (Å²) in [4.78, 5) is 44.3. The Morgan fingerprint density at radius 3 is 2.72 bits per heavy atom. The quantitative estimate of drug-likeness (QED) is 0.271. The van der Waals surface area contributed by atoms with Crippen LogP contribution in [0, 0.1) is 5.82 Å². The molecule has 5 rings (SSSR count). The number of aromatic nitrogens is 3. The van der Waals surface area contributed by atoms with E-state index in [2.05, 4.69) is 15.3 Å². The van der Waals surface area contributed by atoms with E-state index < -0.39 is 11.7 Å². The van der Waals surface area contributed by atoms with E-state index in [-0.39, 0.29) is 24.6 Å². The maximum absolute atomic E-state index is 14.5. The van der Waals surface area contributed by atoms with E-state index in [0.29, 0.717) is 50.3 Å². The zero-order chi connectivity index (χ0) is 27.5. The van der Waals surface area contributed by atoms with Crippen LogP contribution in [-0.2, 0) is 19.5 Å². The summed E-state index contributed by atoms with van der Waals surface area (Å²) >= 11 is 6.13. The molecule has 3 aromatic heterocycles. The van der Waals surface area contributed by atoms with Gasteiger partial charge in [-0.15, -0.1) is 0 Å². The van der Waals surface area contributed by atoms with E-state index in [4.69, 9.17) is 17.3 Å². The highest BCUT2D eigenvalue weighted by molar-refractivity contribution is 6.35. The molecule has 2 amide bonds. The molecule has 0 saturated carbocycles. The molecule has 196 valence electrons. The minimum absolute atomic E-state index is 0.0201. The topological polar surface area (TPSA) is 123 Å². The minimum Gasteiger partial charge on any atom is -0.366 e. The van der Waals surface area contributed by atoms with Crippen LogP contribution in [0.25, 0.3) is 10.9 Å². The summed E-state index contributed by atoms with van der Waals surface area (Å²) in [6, 6.07) is 16.2. The van der Waals surface area contributed by atoms with Gasteiger partial charge in [0.1, 0.15) is 5.82 Å². The Bertz CT molecular complexity index is 1780. The average Bonchev–Trinajstić information content (AvgIpc) is 3.28.